The molecule has 3 heterocycles. The predicted molar refractivity (Wildman–Crippen MR) is 82.1 cm³/mol. The van der Waals surface area contributed by atoms with Gasteiger partial charge in [0.1, 0.15) is 5.69 Å². The molecule has 0 radical (unpaired) electrons. The van der Waals surface area contributed by atoms with E-state index in [1.807, 2.05) is 13.0 Å². The number of rotatable bonds is 1. The Morgan fingerprint density at radius 3 is 3.00 bits per heavy atom. The number of anilines is 1. The number of fused-ring (bicyclic) bond motifs is 4. The van der Waals surface area contributed by atoms with E-state index in [4.69, 9.17) is 0 Å². The van der Waals surface area contributed by atoms with Crippen molar-refractivity contribution in [3.8, 4) is 11.4 Å². The molecule has 0 aromatic carbocycles. The maximum Gasteiger partial charge on any atom is 0.333 e. The average Bonchev–Trinajstić information content (AvgIpc) is 2.94. The van der Waals surface area contributed by atoms with Crippen LogP contribution in [-0.4, -0.2) is 20.7 Å². The molecule has 23 heavy (non-hydrogen) atoms. The summed E-state index contributed by atoms with van der Waals surface area (Å²) in [5.74, 6) is -0.361. The molecule has 1 unspecified atom stereocenters. The number of aromatic nitrogens is 3. The lowest BCUT2D eigenvalue weighted by atomic mass is 9.99. The fourth-order valence-electron chi connectivity index (χ4n) is 2.78. The van der Waals surface area contributed by atoms with Crippen LogP contribution in [0.3, 0.4) is 0 Å². The molecule has 122 valence electrons. The third kappa shape index (κ3) is 3.23. The number of carbonyl (C=O) groups excluding carboxylic acids is 1. The predicted octanol–water partition coefficient (Wildman–Crippen LogP) is 3.64. The maximum absolute atomic E-state index is 13.2. The lowest BCUT2D eigenvalue weighted by Crippen LogP contribution is -2.21. The zero-order valence-electron chi connectivity index (χ0n) is 12.8. The average molecular weight is 320 g/mol. The minimum atomic E-state index is -2.80. The Morgan fingerprint density at radius 1 is 1.39 bits per heavy atom. The van der Waals surface area contributed by atoms with E-state index in [0.29, 0.717) is 10.4 Å². The zero-order valence-corrected chi connectivity index (χ0v) is 12.8. The van der Waals surface area contributed by atoms with Crippen LogP contribution in [0.15, 0.2) is 24.5 Å². The smallest absolute Gasteiger partial charge is 0.323 e. The molecule has 3 rings (SSSR count). The number of carbonyl (C=O) groups is 1. The van der Waals surface area contributed by atoms with Gasteiger partial charge in [0.2, 0.25) is 5.91 Å². The number of nitrogens with one attached hydrogen (secondary N) is 1. The van der Waals surface area contributed by atoms with Gasteiger partial charge in [0, 0.05) is 12.1 Å². The van der Waals surface area contributed by atoms with Gasteiger partial charge >= 0.3 is 6.55 Å². The Bertz CT molecular complexity index is 714. The van der Waals surface area contributed by atoms with E-state index in [1.54, 1.807) is 12.3 Å². The first-order valence-electron chi connectivity index (χ1n) is 7.68. The molecule has 5 nitrogen and oxygen atoms in total. The quantitative estimate of drug-likeness (QED) is 0.872. The number of halogens is 2. The molecule has 2 aromatic rings. The van der Waals surface area contributed by atoms with Crippen LogP contribution in [0, 0.1) is 5.92 Å². The van der Waals surface area contributed by atoms with Crippen LogP contribution in [0.25, 0.3) is 11.4 Å². The van der Waals surface area contributed by atoms with E-state index in [-0.39, 0.29) is 23.2 Å². The monoisotopic (exact) mass is 320 g/mol. The number of hydrogen-bond donors (Lipinski definition) is 1. The van der Waals surface area contributed by atoms with Crippen molar-refractivity contribution in [2.45, 2.75) is 39.2 Å². The van der Waals surface area contributed by atoms with Crippen LogP contribution >= 0.6 is 0 Å². The minimum Gasteiger partial charge on any atom is -0.323 e. The number of aryl methyl sites for hydroxylation is 1. The largest absolute Gasteiger partial charge is 0.333 e. The molecule has 1 aliphatic heterocycles. The molecule has 1 aliphatic rings. The number of nitrogens with zero attached hydrogens (tertiary/aromatic N) is 3. The highest BCUT2D eigenvalue weighted by atomic mass is 19.3. The number of hydrogen-bond acceptors (Lipinski definition) is 3. The molecule has 0 aliphatic carbocycles. The second kappa shape index (κ2) is 6.44. The van der Waals surface area contributed by atoms with Crippen molar-refractivity contribution in [2.75, 3.05) is 5.32 Å². The minimum absolute atomic E-state index is 0.142. The summed E-state index contributed by atoms with van der Waals surface area (Å²) in [4.78, 5) is 16.4. The summed E-state index contributed by atoms with van der Waals surface area (Å²) in [6.07, 6.45) is 6.35. The Balaban J connectivity index is 2.11. The van der Waals surface area contributed by atoms with Gasteiger partial charge in [-0.15, -0.1) is 0 Å². The summed E-state index contributed by atoms with van der Waals surface area (Å²) in [5, 5.41) is 6.43. The first kappa shape index (κ1) is 15.6. The van der Waals surface area contributed by atoms with Gasteiger partial charge in [-0.05, 0) is 37.0 Å². The zero-order chi connectivity index (χ0) is 16.4. The molecule has 2 aromatic heterocycles. The van der Waals surface area contributed by atoms with Gasteiger partial charge in [-0.3, -0.25) is 9.78 Å². The first-order chi connectivity index (χ1) is 11.1. The van der Waals surface area contributed by atoms with Crippen molar-refractivity contribution < 1.29 is 13.6 Å². The lowest BCUT2D eigenvalue weighted by Gasteiger charge is -2.15. The molecule has 0 saturated heterocycles. The van der Waals surface area contributed by atoms with E-state index in [1.165, 1.54) is 6.20 Å². The van der Waals surface area contributed by atoms with Crippen molar-refractivity contribution in [3.05, 3.63) is 30.1 Å². The van der Waals surface area contributed by atoms with Gasteiger partial charge in [-0.25, -0.2) is 0 Å². The Morgan fingerprint density at radius 2 is 2.22 bits per heavy atom. The molecule has 1 N–H and O–H groups in total. The Labute approximate surface area is 132 Å². The van der Waals surface area contributed by atoms with E-state index < -0.39 is 6.55 Å². The van der Waals surface area contributed by atoms with Crippen LogP contribution in [0.2, 0.25) is 0 Å². The van der Waals surface area contributed by atoms with Crippen molar-refractivity contribution >= 4 is 11.6 Å². The van der Waals surface area contributed by atoms with Crippen molar-refractivity contribution in [1.82, 2.24) is 14.8 Å². The van der Waals surface area contributed by atoms with Gasteiger partial charge in [0.05, 0.1) is 17.6 Å². The lowest BCUT2D eigenvalue weighted by molar-refractivity contribution is -0.119. The summed E-state index contributed by atoms with van der Waals surface area (Å²) in [6.45, 7) is -0.957. The summed E-state index contributed by atoms with van der Waals surface area (Å²) >= 11 is 0. The van der Waals surface area contributed by atoms with Gasteiger partial charge in [0.25, 0.3) is 0 Å². The number of pyridine rings is 1. The second-order valence-corrected chi connectivity index (χ2v) is 5.81. The molecule has 2 bridgehead atoms. The molecule has 0 fully saturated rings. The van der Waals surface area contributed by atoms with Crippen LogP contribution in [-0.2, 0) is 11.2 Å². The van der Waals surface area contributed by atoms with E-state index in [2.05, 4.69) is 15.4 Å². The van der Waals surface area contributed by atoms with Crippen molar-refractivity contribution in [2.24, 2.45) is 5.92 Å². The highest BCUT2D eigenvalue weighted by Crippen LogP contribution is 2.31. The standard InChI is InChI=1S/C16H18F2N4O/c1-10-4-2-3-5-11-6-7-19-12(8-11)14-13(21-15(10)23)9-20-22(14)16(17)18/h6-10,16H,2-5H2,1H3,(H,21,23). The van der Waals surface area contributed by atoms with E-state index >= 15 is 0 Å². The summed E-state index contributed by atoms with van der Waals surface area (Å²) < 4.78 is 27.1. The van der Waals surface area contributed by atoms with E-state index in [0.717, 1.165) is 31.2 Å². The van der Waals surface area contributed by atoms with Gasteiger partial charge in [-0.1, -0.05) is 13.3 Å². The number of amides is 1. The molecular weight excluding hydrogens is 302 g/mol. The third-order valence-electron chi connectivity index (χ3n) is 4.11. The normalized spacial score (nSPS) is 18.8. The topological polar surface area (TPSA) is 59.8 Å². The van der Waals surface area contributed by atoms with Gasteiger partial charge in [0.15, 0.2) is 0 Å². The van der Waals surface area contributed by atoms with Crippen molar-refractivity contribution in [3.63, 3.8) is 0 Å². The Kier molecular flexibility index (Phi) is 4.36. The highest BCUT2D eigenvalue weighted by molar-refractivity contribution is 5.95. The summed E-state index contributed by atoms with van der Waals surface area (Å²) in [7, 11) is 0. The first-order valence-corrected chi connectivity index (χ1v) is 7.68. The molecule has 1 atom stereocenters. The van der Waals surface area contributed by atoms with Crippen LogP contribution in [0.4, 0.5) is 14.5 Å². The third-order valence-corrected chi connectivity index (χ3v) is 4.11. The summed E-state index contributed by atoms with van der Waals surface area (Å²) in [5.41, 5.74) is 1.85. The SMILES string of the molecule is CC1CCCCc2ccnc(c2)-c2c(cnn2C(F)F)NC1=O. The number of alkyl halides is 2. The van der Waals surface area contributed by atoms with E-state index in [9.17, 15) is 13.6 Å². The second-order valence-electron chi connectivity index (χ2n) is 5.81. The fraction of sp³-hybridized carbons (Fsp3) is 0.438. The van der Waals surface area contributed by atoms with Gasteiger partial charge in [-0.2, -0.15) is 18.6 Å². The fourth-order valence-corrected chi connectivity index (χ4v) is 2.78. The molecule has 1 amide bonds. The molecular formula is C16H18F2N4O. The maximum atomic E-state index is 13.2. The Hall–Kier alpha value is -2.31. The van der Waals surface area contributed by atoms with Crippen molar-refractivity contribution in [1.29, 1.82) is 0 Å². The van der Waals surface area contributed by atoms with Crippen LogP contribution in [0.1, 0.15) is 38.3 Å². The summed E-state index contributed by atoms with van der Waals surface area (Å²) in [6, 6.07) is 3.68. The van der Waals surface area contributed by atoms with Crippen LogP contribution < -0.4 is 5.32 Å². The van der Waals surface area contributed by atoms with Crippen LogP contribution in [0.5, 0.6) is 0 Å². The molecule has 0 saturated carbocycles. The molecule has 7 heteroatoms. The van der Waals surface area contributed by atoms with Gasteiger partial charge < -0.3 is 5.32 Å². The highest BCUT2D eigenvalue weighted by Gasteiger charge is 2.23. The molecule has 0 spiro atoms.